The molecule has 0 aliphatic heterocycles. The van der Waals surface area contributed by atoms with Crippen LogP contribution in [0.2, 0.25) is 0 Å². The fourth-order valence-corrected chi connectivity index (χ4v) is 1.35. The number of carbonyl (C=O) groups excluding carboxylic acids is 1. The first kappa shape index (κ1) is 12.5. The summed E-state index contributed by atoms with van der Waals surface area (Å²) in [6, 6.07) is 3.77. The van der Waals surface area contributed by atoms with Crippen molar-refractivity contribution in [3.05, 3.63) is 23.9 Å². The standard InChI is InChI=1S/C12H17NO3/c1-3-16-12(14)6-4-5-10-7-8-11(15-2)13-9-10/h7-9H,3-6H2,1-2H3. The highest BCUT2D eigenvalue weighted by Crippen LogP contribution is 2.09. The number of ether oxygens (including phenoxy) is 2. The molecule has 0 spiro atoms. The first-order chi connectivity index (χ1) is 7.76. The van der Waals surface area contributed by atoms with Gasteiger partial charge in [-0.1, -0.05) is 6.07 Å². The van der Waals surface area contributed by atoms with Gasteiger partial charge in [0.2, 0.25) is 5.88 Å². The van der Waals surface area contributed by atoms with Gasteiger partial charge in [0, 0.05) is 18.7 Å². The van der Waals surface area contributed by atoms with Crippen LogP contribution in [0.1, 0.15) is 25.3 Å². The van der Waals surface area contributed by atoms with E-state index < -0.39 is 0 Å². The summed E-state index contributed by atoms with van der Waals surface area (Å²) in [5.74, 6) is 0.470. The van der Waals surface area contributed by atoms with Gasteiger partial charge in [-0.25, -0.2) is 4.98 Å². The molecule has 0 saturated carbocycles. The lowest BCUT2D eigenvalue weighted by atomic mass is 10.1. The molecule has 16 heavy (non-hydrogen) atoms. The maximum absolute atomic E-state index is 11.1. The number of hydrogen-bond donors (Lipinski definition) is 0. The maximum atomic E-state index is 11.1. The molecule has 0 radical (unpaired) electrons. The van der Waals surface area contributed by atoms with E-state index in [0.29, 0.717) is 18.9 Å². The van der Waals surface area contributed by atoms with Crippen LogP contribution in [0.25, 0.3) is 0 Å². The molecule has 1 aromatic rings. The largest absolute Gasteiger partial charge is 0.481 e. The van der Waals surface area contributed by atoms with E-state index >= 15 is 0 Å². The quantitative estimate of drug-likeness (QED) is 0.692. The third-order valence-electron chi connectivity index (χ3n) is 2.16. The molecule has 0 fully saturated rings. The minimum atomic E-state index is -0.135. The van der Waals surface area contributed by atoms with E-state index in [2.05, 4.69) is 4.98 Å². The third-order valence-corrected chi connectivity index (χ3v) is 2.16. The van der Waals surface area contributed by atoms with Gasteiger partial charge < -0.3 is 9.47 Å². The molecular formula is C12H17NO3. The van der Waals surface area contributed by atoms with Gasteiger partial charge in [0.25, 0.3) is 0 Å². The molecule has 1 heterocycles. The number of rotatable bonds is 6. The van der Waals surface area contributed by atoms with E-state index in [0.717, 1.165) is 18.4 Å². The lowest BCUT2D eigenvalue weighted by Gasteiger charge is -2.03. The van der Waals surface area contributed by atoms with Crippen LogP contribution < -0.4 is 4.74 Å². The van der Waals surface area contributed by atoms with Crippen LogP contribution in [-0.4, -0.2) is 24.7 Å². The predicted octanol–water partition coefficient (Wildman–Crippen LogP) is 1.98. The summed E-state index contributed by atoms with van der Waals surface area (Å²) in [6.07, 6.45) is 3.84. The molecule has 1 rings (SSSR count). The average Bonchev–Trinajstić information content (AvgIpc) is 2.30. The van der Waals surface area contributed by atoms with Gasteiger partial charge in [-0.15, -0.1) is 0 Å². The Balaban J connectivity index is 2.29. The molecule has 4 heteroatoms. The molecule has 1 aromatic heterocycles. The Morgan fingerprint density at radius 1 is 1.44 bits per heavy atom. The molecule has 0 unspecified atom stereocenters. The highest BCUT2D eigenvalue weighted by molar-refractivity contribution is 5.69. The molecule has 4 nitrogen and oxygen atoms in total. The number of esters is 1. The Morgan fingerprint density at radius 2 is 2.25 bits per heavy atom. The first-order valence-electron chi connectivity index (χ1n) is 5.40. The van der Waals surface area contributed by atoms with Crippen molar-refractivity contribution < 1.29 is 14.3 Å². The van der Waals surface area contributed by atoms with E-state index in [1.54, 1.807) is 13.3 Å². The van der Waals surface area contributed by atoms with Gasteiger partial charge in [-0.2, -0.15) is 0 Å². The van der Waals surface area contributed by atoms with Crippen molar-refractivity contribution in [2.75, 3.05) is 13.7 Å². The first-order valence-corrected chi connectivity index (χ1v) is 5.40. The second-order valence-corrected chi connectivity index (χ2v) is 3.37. The molecule has 0 aliphatic rings. The lowest BCUT2D eigenvalue weighted by Crippen LogP contribution is -2.04. The van der Waals surface area contributed by atoms with E-state index in [-0.39, 0.29) is 5.97 Å². The predicted molar refractivity (Wildman–Crippen MR) is 60.4 cm³/mol. The van der Waals surface area contributed by atoms with Crippen molar-refractivity contribution in [1.29, 1.82) is 0 Å². The van der Waals surface area contributed by atoms with Crippen LogP contribution in [0, 0.1) is 0 Å². The Labute approximate surface area is 95.6 Å². The number of aryl methyl sites for hydroxylation is 1. The number of carbonyl (C=O) groups is 1. The van der Waals surface area contributed by atoms with E-state index in [9.17, 15) is 4.79 Å². The monoisotopic (exact) mass is 223 g/mol. The minimum Gasteiger partial charge on any atom is -0.481 e. The molecule has 0 aromatic carbocycles. The second-order valence-electron chi connectivity index (χ2n) is 3.37. The molecule has 88 valence electrons. The van der Waals surface area contributed by atoms with Gasteiger partial charge in [-0.05, 0) is 25.3 Å². The van der Waals surface area contributed by atoms with Gasteiger partial charge in [0.15, 0.2) is 0 Å². The fourth-order valence-electron chi connectivity index (χ4n) is 1.35. The number of aromatic nitrogens is 1. The van der Waals surface area contributed by atoms with Crippen LogP contribution in [0.15, 0.2) is 18.3 Å². The molecule has 0 atom stereocenters. The Kier molecular flexibility index (Phi) is 5.32. The summed E-state index contributed by atoms with van der Waals surface area (Å²) in [5.41, 5.74) is 1.10. The Morgan fingerprint density at radius 3 is 2.81 bits per heavy atom. The Bertz CT molecular complexity index is 322. The molecule has 0 saturated heterocycles. The number of hydrogen-bond acceptors (Lipinski definition) is 4. The van der Waals surface area contributed by atoms with E-state index in [4.69, 9.17) is 9.47 Å². The summed E-state index contributed by atoms with van der Waals surface area (Å²) in [5, 5.41) is 0. The van der Waals surface area contributed by atoms with Crippen molar-refractivity contribution >= 4 is 5.97 Å². The fraction of sp³-hybridized carbons (Fsp3) is 0.500. The topological polar surface area (TPSA) is 48.4 Å². The van der Waals surface area contributed by atoms with Gasteiger partial charge >= 0.3 is 5.97 Å². The van der Waals surface area contributed by atoms with Crippen LogP contribution in [0.5, 0.6) is 5.88 Å². The summed E-state index contributed by atoms with van der Waals surface area (Å²) >= 11 is 0. The zero-order valence-corrected chi connectivity index (χ0v) is 9.73. The number of nitrogens with zero attached hydrogens (tertiary/aromatic N) is 1. The smallest absolute Gasteiger partial charge is 0.305 e. The molecule has 0 amide bonds. The number of methoxy groups -OCH3 is 1. The van der Waals surface area contributed by atoms with Gasteiger partial charge in [-0.3, -0.25) is 4.79 Å². The van der Waals surface area contributed by atoms with E-state index in [1.165, 1.54) is 0 Å². The lowest BCUT2D eigenvalue weighted by molar-refractivity contribution is -0.143. The SMILES string of the molecule is CCOC(=O)CCCc1ccc(OC)nc1. The van der Waals surface area contributed by atoms with Crippen molar-refractivity contribution in [2.24, 2.45) is 0 Å². The second kappa shape index (κ2) is 6.82. The Hall–Kier alpha value is -1.58. The van der Waals surface area contributed by atoms with Crippen molar-refractivity contribution in [3.8, 4) is 5.88 Å². The summed E-state index contributed by atoms with van der Waals surface area (Å²) < 4.78 is 9.80. The highest BCUT2D eigenvalue weighted by atomic mass is 16.5. The zero-order chi connectivity index (χ0) is 11.8. The summed E-state index contributed by atoms with van der Waals surface area (Å²) in [6.45, 7) is 2.26. The minimum absolute atomic E-state index is 0.135. The molecule has 0 bridgehead atoms. The third kappa shape index (κ3) is 4.29. The summed E-state index contributed by atoms with van der Waals surface area (Å²) in [7, 11) is 1.59. The van der Waals surface area contributed by atoms with Gasteiger partial charge in [0.1, 0.15) is 0 Å². The molecular weight excluding hydrogens is 206 g/mol. The zero-order valence-electron chi connectivity index (χ0n) is 9.73. The number of pyridine rings is 1. The van der Waals surface area contributed by atoms with Crippen LogP contribution in [0.4, 0.5) is 0 Å². The van der Waals surface area contributed by atoms with E-state index in [1.807, 2.05) is 19.1 Å². The van der Waals surface area contributed by atoms with Crippen LogP contribution in [-0.2, 0) is 16.0 Å². The van der Waals surface area contributed by atoms with Crippen molar-refractivity contribution in [2.45, 2.75) is 26.2 Å². The summed E-state index contributed by atoms with van der Waals surface area (Å²) in [4.78, 5) is 15.2. The van der Waals surface area contributed by atoms with Crippen LogP contribution >= 0.6 is 0 Å². The normalized spacial score (nSPS) is 9.88. The van der Waals surface area contributed by atoms with Gasteiger partial charge in [0.05, 0.1) is 13.7 Å². The molecule has 0 aliphatic carbocycles. The highest BCUT2D eigenvalue weighted by Gasteiger charge is 2.02. The van der Waals surface area contributed by atoms with Crippen molar-refractivity contribution in [1.82, 2.24) is 4.98 Å². The molecule has 0 N–H and O–H groups in total. The maximum Gasteiger partial charge on any atom is 0.305 e. The van der Waals surface area contributed by atoms with Crippen LogP contribution in [0.3, 0.4) is 0 Å². The average molecular weight is 223 g/mol. The van der Waals surface area contributed by atoms with Crippen molar-refractivity contribution in [3.63, 3.8) is 0 Å².